The molecule has 3 N–H and O–H groups in total. The number of hydrazine groups is 1. The summed E-state index contributed by atoms with van der Waals surface area (Å²) in [6.07, 6.45) is 0. The van der Waals surface area contributed by atoms with Crippen LogP contribution in [0.5, 0.6) is 11.5 Å². The van der Waals surface area contributed by atoms with Crippen LogP contribution in [-0.4, -0.2) is 37.0 Å². The Bertz CT molecular complexity index is 885. The molecule has 2 rings (SSSR count). The Morgan fingerprint density at radius 2 is 1.48 bits per heavy atom. The van der Waals surface area contributed by atoms with Crippen LogP contribution in [0.1, 0.15) is 31.1 Å². The summed E-state index contributed by atoms with van der Waals surface area (Å²) in [5, 5.41) is 2.66. The van der Waals surface area contributed by atoms with Gasteiger partial charge in [-0.15, -0.1) is 0 Å². The highest BCUT2D eigenvalue weighted by Crippen LogP contribution is 2.13. The first-order valence-corrected chi connectivity index (χ1v) is 9.81. The lowest BCUT2D eigenvalue weighted by atomic mass is 10.0. The highest BCUT2D eigenvalue weighted by Gasteiger charge is 2.25. The van der Waals surface area contributed by atoms with E-state index in [1.165, 1.54) is 24.3 Å². The molecule has 3 amide bonds. The molecule has 0 fully saturated rings. The van der Waals surface area contributed by atoms with Crippen LogP contribution in [0.2, 0.25) is 0 Å². The molecule has 0 radical (unpaired) electrons. The van der Waals surface area contributed by atoms with E-state index < -0.39 is 29.6 Å². The number of carbonyl (C=O) groups is 3. The maximum atomic E-state index is 12.9. The molecule has 0 heterocycles. The summed E-state index contributed by atoms with van der Waals surface area (Å²) in [4.78, 5) is 36.8. The van der Waals surface area contributed by atoms with E-state index in [4.69, 9.17) is 9.47 Å². The van der Waals surface area contributed by atoms with Crippen LogP contribution in [0, 0.1) is 11.7 Å². The number of hydrogen-bond donors (Lipinski definition) is 3. The van der Waals surface area contributed by atoms with E-state index in [2.05, 4.69) is 16.2 Å². The molecule has 0 aliphatic heterocycles. The molecule has 2 aromatic carbocycles. The number of halogens is 1. The molecule has 0 bridgehead atoms. The van der Waals surface area contributed by atoms with Crippen molar-refractivity contribution in [1.82, 2.24) is 16.2 Å². The van der Waals surface area contributed by atoms with Crippen LogP contribution in [0.3, 0.4) is 0 Å². The number of nitrogens with one attached hydrogen (secondary N) is 3. The van der Waals surface area contributed by atoms with Gasteiger partial charge in [0.25, 0.3) is 17.7 Å². The third-order valence-corrected chi connectivity index (χ3v) is 4.17. The molecule has 31 heavy (non-hydrogen) atoms. The summed E-state index contributed by atoms with van der Waals surface area (Å²) in [6.45, 7) is 5.53. The van der Waals surface area contributed by atoms with Crippen LogP contribution >= 0.6 is 0 Å². The fraction of sp³-hybridized carbons (Fsp3) is 0.318. The van der Waals surface area contributed by atoms with Crippen molar-refractivity contribution in [3.05, 3.63) is 59.9 Å². The first kappa shape index (κ1) is 23.7. The maximum Gasteiger partial charge on any atom is 0.276 e. The molecular formula is C22H26FN3O5. The number of rotatable bonds is 9. The average molecular weight is 431 g/mol. The van der Waals surface area contributed by atoms with Gasteiger partial charge in [0.05, 0.1) is 6.61 Å². The van der Waals surface area contributed by atoms with Crippen molar-refractivity contribution >= 4 is 17.7 Å². The van der Waals surface area contributed by atoms with E-state index in [1.54, 1.807) is 38.1 Å². The summed E-state index contributed by atoms with van der Waals surface area (Å²) >= 11 is 0. The lowest BCUT2D eigenvalue weighted by molar-refractivity contribution is -0.131. The van der Waals surface area contributed by atoms with Gasteiger partial charge in [0.15, 0.2) is 6.61 Å². The second-order valence-corrected chi connectivity index (χ2v) is 6.93. The number of ether oxygens (including phenoxy) is 2. The number of carbonyl (C=O) groups excluding carboxylic acids is 3. The summed E-state index contributed by atoms with van der Waals surface area (Å²) in [5.74, 6) is -1.33. The molecular weight excluding hydrogens is 405 g/mol. The summed E-state index contributed by atoms with van der Waals surface area (Å²) in [6, 6.07) is 10.8. The van der Waals surface area contributed by atoms with E-state index in [0.717, 1.165) is 0 Å². The Labute approximate surface area is 180 Å². The predicted octanol–water partition coefficient (Wildman–Crippen LogP) is 2.21. The Hall–Kier alpha value is -3.62. The fourth-order valence-electron chi connectivity index (χ4n) is 2.55. The predicted molar refractivity (Wildman–Crippen MR) is 112 cm³/mol. The van der Waals surface area contributed by atoms with Crippen molar-refractivity contribution < 1.29 is 28.2 Å². The lowest BCUT2D eigenvalue weighted by Crippen LogP contribution is -2.54. The van der Waals surface area contributed by atoms with Crippen LogP contribution < -0.4 is 25.6 Å². The molecule has 0 spiro atoms. The van der Waals surface area contributed by atoms with Gasteiger partial charge in [-0.2, -0.15) is 0 Å². The third-order valence-electron chi connectivity index (χ3n) is 4.17. The van der Waals surface area contributed by atoms with E-state index in [-0.39, 0.29) is 12.5 Å². The van der Waals surface area contributed by atoms with E-state index >= 15 is 0 Å². The van der Waals surface area contributed by atoms with E-state index in [1.807, 2.05) is 6.92 Å². The lowest BCUT2D eigenvalue weighted by Gasteiger charge is -2.22. The molecule has 0 aliphatic carbocycles. The van der Waals surface area contributed by atoms with Gasteiger partial charge in [-0.05, 0) is 61.4 Å². The van der Waals surface area contributed by atoms with Crippen molar-refractivity contribution in [2.45, 2.75) is 26.8 Å². The molecule has 8 nitrogen and oxygen atoms in total. The molecule has 166 valence electrons. The largest absolute Gasteiger partial charge is 0.494 e. The standard InChI is InChI=1S/C22H26FN3O5/c1-4-30-17-9-5-15(6-10-17)21(28)24-20(14(2)3)22(29)26-25-19(27)13-31-18-11-7-16(23)8-12-18/h5-12,14,20H,4,13H2,1-3H3,(H,24,28)(H,25,27)(H,26,29). The number of benzene rings is 2. The second kappa shape index (κ2) is 11.5. The molecule has 0 aromatic heterocycles. The van der Waals surface area contributed by atoms with E-state index in [9.17, 15) is 18.8 Å². The van der Waals surface area contributed by atoms with E-state index in [0.29, 0.717) is 23.7 Å². The van der Waals surface area contributed by atoms with Crippen LogP contribution in [0.25, 0.3) is 0 Å². The van der Waals surface area contributed by atoms with Crippen molar-refractivity contribution in [3.8, 4) is 11.5 Å². The van der Waals surface area contributed by atoms with Gasteiger partial charge in [0, 0.05) is 5.56 Å². The monoisotopic (exact) mass is 431 g/mol. The smallest absolute Gasteiger partial charge is 0.276 e. The Morgan fingerprint density at radius 3 is 2.06 bits per heavy atom. The van der Waals surface area contributed by atoms with Gasteiger partial charge >= 0.3 is 0 Å². The van der Waals surface area contributed by atoms with Gasteiger partial charge in [0.2, 0.25) is 0 Å². The van der Waals surface area contributed by atoms with Crippen LogP contribution in [0.4, 0.5) is 4.39 Å². The molecule has 0 saturated heterocycles. The zero-order valence-corrected chi connectivity index (χ0v) is 17.6. The summed E-state index contributed by atoms with van der Waals surface area (Å²) < 4.78 is 23.4. The minimum absolute atomic E-state index is 0.237. The van der Waals surface area contributed by atoms with Gasteiger partial charge in [0.1, 0.15) is 23.4 Å². The highest BCUT2D eigenvalue weighted by atomic mass is 19.1. The Morgan fingerprint density at radius 1 is 0.903 bits per heavy atom. The molecule has 2 aromatic rings. The number of amides is 3. The van der Waals surface area contributed by atoms with Crippen molar-refractivity contribution in [2.24, 2.45) is 5.92 Å². The molecule has 1 atom stereocenters. The zero-order chi connectivity index (χ0) is 22.8. The van der Waals surface area contributed by atoms with Gasteiger partial charge < -0.3 is 14.8 Å². The zero-order valence-electron chi connectivity index (χ0n) is 17.6. The molecule has 9 heteroatoms. The summed E-state index contributed by atoms with van der Waals surface area (Å²) in [5.41, 5.74) is 4.88. The third kappa shape index (κ3) is 7.61. The fourth-order valence-corrected chi connectivity index (χ4v) is 2.55. The van der Waals surface area contributed by atoms with Gasteiger partial charge in [-0.3, -0.25) is 25.2 Å². The SMILES string of the molecule is CCOc1ccc(C(=O)NC(C(=O)NNC(=O)COc2ccc(F)cc2)C(C)C)cc1. The minimum Gasteiger partial charge on any atom is -0.494 e. The Kier molecular flexibility index (Phi) is 8.80. The molecule has 0 aliphatic rings. The Balaban J connectivity index is 1.85. The first-order valence-electron chi connectivity index (χ1n) is 9.81. The van der Waals surface area contributed by atoms with Crippen molar-refractivity contribution in [1.29, 1.82) is 0 Å². The maximum absolute atomic E-state index is 12.9. The van der Waals surface area contributed by atoms with Gasteiger partial charge in [-0.1, -0.05) is 13.8 Å². The van der Waals surface area contributed by atoms with Crippen molar-refractivity contribution in [3.63, 3.8) is 0 Å². The van der Waals surface area contributed by atoms with Crippen molar-refractivity contribution in [2.75, 3.05) is 13.2 Å². The topological polar surface area (TPSA) is 106 Å². The normalized spacial score (nSPS) is 11.4. The second-order valence-electron chi connectivity index (χ2n) is 6.93. The highest BCUT2D eigenvalue weighted by molar-refractivity contribution is 5.98. The van der Waals surface area contributed by atoms with Gasteiger partial charge in [-0.25, -0.2) is 4.39 Å². The quantitative estimate of drug-likeness (QED) is 0.528. The minimum atomic E-state index is -0.877. The number of hydrogen-bond acceptors (Lipinski definition) is 5. The summed E-state index contributed by atoms with van der Waals surface area (Å²) in [7, 11) is 0. The van der Waals surface area contributed by atoms with Crippen LogP contribution in [0.15, 0.2) is 48.5 Å². The average Bonchev–Trinajstić information content (AvgIpc) is 2.75. The molecule has 0 saturated carbocycles. The molecule has 1 unspecified atom stereocenters. The first-order chi connectivity index (χ1) is 14.8. The van der Waals surface area contributed by atoms with Crippen LogP contribution in [-0.2, 0) is 9.59 Å².